The van der Waals surface area contributed by atoms with Gasteiger partial charge < -0.3 is 11.1 Å². The molecule has 0 saturated heterocycles. The van der Waals surface area contributed by atoms with Crippen molar-refractivity contribution in [3.05, 3.63) is 57.0 Å². The van der Waals surface area contributed by atoms with Crippen molar-refractivity contribution in [1.29, 1.82) is 5.26 Å². The molecule has 0 fully saturated rings. The number of carbonyl (C=O) groups excluding carboxylic acids is 1. The van der Waals surface area contributed by atoms with Crippen molar-refractivity contribution in [1.82, 2.24) is 0 Å². The molecule has 100 valence electrons. The van der Waals surface area contributed by atoms with Crippen LogP contribution in [0.1, 0.15) is 15.9 Å². The van der Waals surface area contributed by atoms with Crippen LogP contribution in [0.4, 0.5) is 11.4 Å². The molecule has 4 nitrogen and oxygen atoms in total. The van der Waals surface area contributed by atoms with Gasteiger partial charge in [-0.25, -0.2) is 0 Å². The van der Waals surface area contributed by atoms with Gasteiger partial charge in [0, 0.05) is 10.0 Å². The molecule has 0 spiro atoms. The van der Waals surface area contributed by atoms with E-state index in [1.807, 2.05) is 6.07 Å². The van der Waals surface area contributed by atoms with Crippen LogP contribution in [0.15, 0.2) is 40.9 Å². The fourth-order valence-corrected chi connectivity index (χ4v) is 2.07. The summed E-state index contributed by atoms with van der Waals surface area (Å²) in [5.41, 5.74) is 7.47. The maximum Gasteiger partial charge on any atom is 0.255 e. The molecule has 0 aromatic heterocycles. The zero-order chi connectivity index (χ0) is 14.7. The second kappa shape index (κ2) is 5.95. The molecule has 6 heteroatoms. The third kappa shape index (κ3) is 3.10. The molecule has 3 N–H and O–H groups in total. The third-order valence-corrected chi connectivity index (χ3v) is 3.82. The van der Waals surface area contributed by atoms with Crippen LogP contribution in [0.25, 0.3) is 0 Å². The highest BCUT2D eigenvalue weighted by molar-refractivity contribution is 9.10. The van der Waals surface area contributed by atoms with Gasteiger partial charge in [-0.2, -0.15) is 5.26 Å². The van der Waals surface area contributed by atoms with E-state index in [9.17, 15) is 4.79 Å². The van der Waals surface area contributed by atoms with Crippen LogP contribution < -0.4 is 11.1 Å². The highest BCUT2D eigenvalue weighted by atomic mass is 79.9. The molecule has 1 amide bonds. The van der Waals surface area contributed by atoms with Gasteiger partial charge in [-0.15, -0.1) is 0 Å². The van der Waals surface area contributed by atoms with Crippen LogP contribution >= 0.6 is 27.5 Å². The van der Waals surface area contributed by atoms with Gasteiger partial charge in [0.1, 0.15) is 0 Å². The number of carbonyl (C=O) groups is 1. The summed E-state index contributed by atoms with van der Waals surface area (Å²) in [5.74, 6) is -0.307. The Morgan fingerprint density at radius 2 is 2.05 bits per heavy atom. The second-order valence-corrected chi connectivity index (χ2v) is 5.26. The van der Waals surface area contributed by atoms with E-state index in [1.54, 1.807) is 30.3 Å². The van der Waals surface area contributed by atoms with E-state index >= 15 is 0 Å². The lowest BCUT2D eigenvalue weighted by atomic mass is 10.1. The van der Waals surface area contributed by atoms with E-state index in [0.29, 0.717) is 32.0 Å². The average molecular weight is 351 g/mol. The molecule has 0 aliphatic carbocycles. The van der Waals surface area contributed by atoms with E-state index in [-0.39, 0.29) is 5.91 Å². The monoisotopic (exact) mass is 349 g/mol. The zero-order valence-electron chi connectivity index (χ0n) is 10.2. The van der Waals surface area contributed by atoms with Crippen LogP contribution in [0, 0.1) is 11.3 Å². The molecule has 0 atom stereocenters. The topological polar surface area (TPSA) is 78.9 Å². The van der Waals surface area contributed by atoms with Crippen LogP contribution in [-0.4, -0.2) is 5.91 Å². The molecule has 0 saturated carbocycles. The number of nitriles is 1. The van der Waals surface area contributed by atoms with Crippen molar-refractivity contribution in [3.63, 3.8) is 0 Å². The van der Waals surface area contributed by atoms with E-state index in [0.717, 1.165) is 0 Å². The second-order valence-electron chi connectivity index (χ2n) is 4.00. The van der Waals surface area contributed by atoms with Gasteiger partial charge in [-0.1, -0.05) is 11.6 Å². The quantitative estimate of drug-likeness (QED) is 0.808. The van der Waals surface area contributed by atoms with Crippen molar-refractivity contribution < 1.29 is 4.79 Å². The standard InChI is InChI=1S/C14H9BrClN3O/c15-10-6-9(2-3-11(10)16)14(20)19-13-4-1-8(7-17)5-12(13)18/h1-6H,18H2,(H,19,20). The van der Waals surface area contributed by atoms with Crippen molar-refractivity contribution in [2.75, 3.05) is 11.1 Å². The lowest BCUT2D eigenvalue weighted by molar-refractivity contribution is 0.102. The molecular formula is C14H9BrClN3O. The number of halogens is 2. The fraction of sp³-hybridized carbons (Fsp3) is 0. The van der Waals surface area contributed by atoms with Crippen molar-refractivity contribution in [2.24, 2.45) is 0 Å². The Bertz CT molecular complexity index is 725. The minimum Gasteiger partial charge on any atom is -0.397 e. The average Bonchev–Trinajstić information content (AvgIpc) is 2.43. The molecule has 0 bridgehead atoms. The summed E-state index contributed by atoms with van der Waals surface area (Å²) >= 11 is 9.14. The first-order chi connectivity index (χ1) is 9.51. The number of nitrogens with one attached hydrogen (secondary N) is 1. The highest BCUT2D eigenvalue weighted by Gasteiger charge is 2.10. The smallest absolute Gasteiger partial charge is 0.255 e. The molecule has 20 heavy (non-hydrogen) atoms. The van der Waals surface area contributed by atoms with Crippen LogP contribution in [0.2, 0.25) is 5.02 Å². The minimum absolute atomic E-state index is 0.307. The molecule has 2 aromatic rings. The number of hydrogen-bond acceptors (Lipinski definition) is 3. The molecule has 0 aliphatic heterocycles. The van der Waals surface area contributed by atoms with Crippen LogP contribution in [0.5, 0.6) is 0 Å². The van der Waals surface area contributed by atoms with Gasteiger partial charge in [0.05, 0.1) is 28.0 Å². The molecule has 2 rings (SSSR count). The van der Waals surface area contributed by atoms with Gasteiger partial charge in [0.15, 0.2) is 0 Å². The first-order valence-corrected chi connectivity index (χ1v) is 6.74. The van der Waals surface area contributed by atoms with Crippen molar-refractivity contribution in [3.8, 4) is 6.07 Å². The largest absolute Gasteiger partial charge is 0.397 e. The summed E-state index contributed by atoms with van der Waals surface area (Å²) in [4.78, 5) is 12.1. The summed E-state index contributed by atoms with van der Waals surface area (Å²) in [6, 6.07) is 11.5. The predicted octanol–water partition coefficient (Wildman–Crippen LogP) is 3.81. The maximum absolute atomic E-state index is 12.1. The SMILES string of the molecule is N#Cc1ccc(NC(=O)c2ccc(Cl)c(Br)c2)c(N)c1. The minimum atomic E-state index is -0.307. The van der Waals surface area contributed by atoms with Gasteiger partial charge >= 0.3 is 0 Å². The Balaban J connectivity index is 2.23. The summed E-state index contributed by atoms with van der Waals surface area (Å²) < 4.78 is 0.639. The highest BCUT2D eigenvalue weighted by Crippen LogP contribution is 2.25. The van der Waals surface area contributed by atoms with Gasteiger partial charge in [-0.3, -0.25) is 4.79 Å². The Hall–Kier alpha value is -2.03. The third-order valence-electron chi connectivity index (χ3n) is 2.61. The molecule has 0 aliphatic rings. The molecule has 0 radical (unpaired) electrons. The van der Waals surface area contributed by atoms with Crippen molar-refractivity contribution in [2.45, 2.75) is 0 Å². The van der Waals surface area contributed by atoms with Gasteiger partial charge in [0.2, 0.25) is 0 Å². The summed E-state index contributed by atoms with van der Waals surface area (Å²) in [6.45, 7) is 0. The Morgan fingerprint density at radius 1 is 1.30 bits per heavy atom. The van der Waals surface area contributed by atoms with E-state index in [1.165, 1.54) is 6.07 Å². The van der Waals surface area contributed by atoms with Crippen LogP contribution in [-0.2, 0) is 0 Å². The first kappa shape index (κ1) is 14.4. The predicted molar refractivity (Wildman–Crippen MR) is 82.7 cm³/mol. The molecule has 0 heterocycles. The molecule has 0 unspecified atom stereocenters. The van der Waals surface area contributed by atoms with Crippen molar-refractivity contribution >= 4 is 44.8 Å². The Labute approximate surface area is 129 Å². The van der Waals surface area contributed by atoms with Gasteiger partial charge in [0.25, 0.3) is 5.91 Å². The number of nitrogens with two attached hydrogens (primary N) is 1. The number of nitrogens with zero attached hydrogens (tertiary/aromatic N) is 1. The number of amides is 1. The number of anilines is 2. The first-order valence-electron chi connectivity index (χ1n) is 5.57. The van der Waals surface area contributed by atoms with Crippen LogP contribution in [0.3, 0.4) is 0 Å². The van der Waals surface area contributed by atoms with E-state index in [4.69, 9.17) is 22.6 Å². The Morgan fingerprint density at radius 3 is 2.65 bits per heavy atom. The number of benzene rings is 2. The summed E-state index contributed by atoms with van der Waals surface area (Å²) in [5, 5.41) is 12.0. The molecular weight excluding hydrogens is 342 g/mol. The van der Waals surface area contributed by atoms with E-state index < -0.39 is 0 Å². The Kier molecular flexibility index (Phi) is 4.28. The van der Waals surface area contributed by atoms with E-state index in [2.05, 4.69) is 21.2 Å². The summed E-state index contributed by atoms with van der Waals surface area (Å²) in [7, 11) is 0. The summed E-state index contributed by atoms with van der Waals surface area (Å²) in [6.07, 6.45) is 0. The number of hydrogen-bond donors (Lipinski definition) is 2. The maximum atomic E-state index is 12.1. The zero-order valence-corrected chi connectivity index (χ0v) is 12.5. The fourth-order valence-electron chi connectivity index (χ4n) is 1.58. The number of nitrogen functional groups attached to an aromatic ring is 1. The normalized spacial score (nSPS) is 9.85. The number of rotatable bonds is 2. The lowest BCUT2D eigenvalue weighted by Gasteiger charge is -2.09. The lowest BCUT2D eigenvalue weighted by Crippen LogP contribution is -2.13. The van der Waals surface area contributed by atoms with Gasteiger partial charge in [-0.05, 0) is 52.3 Å². The molecule has 2 aromatic carbocycles.